The van der Waals surface area contributed by atoms with Gasteiger partial charge in [-0.05, 0) is 54.5 Å². The molecular weight excluding hydrogens is 496 g/mol. The minimum atomic E-state index is -0.693. The summed E-state index contributed by atoms with van der Waals surface area (Å²) in [5.74, 6) is -0.680. The zero-order valence-corrected chi connectivity index (χ0v) is 22.0. The predicted molar refractivity (Wildman–Crippen MR) is 150 cm³/mol. The van der Waals surface area contributed by atoms with Crippen molar-refractivity contribution in [3.05, 3.63) is 132 Å². The van der Waals surface area contributed by atoms with Crippen LogP contribution in [-0.2, 0) is 6.54 Å². The monoisotopic (exact) mass is 525 g/mol. The van der Waals surface area contributed by atoms with E-state index in [1.807, 2.05) is 55.4 Å². The highest BCUT2D eigenvalue weighted by Crippen LogP contribution is 2.30. The van der Waals surface area contributed by atoms with Crippen LogP contribution in [0.3, 0.4) is 0 Å². The number of benzene rings is 3. The molecule has 0 fully saturated rings. The highest BCUT2D eigenvalue weighted by molar-refractivity contribution is 5.96. The molecule has 0 bridgehead atoms. The smallest absolute Gasteiger partial charge is 0.251 e. The van der Waals surface area contributed by atoms with Gasteiger partial charge in [-0.1, -0.05) is 43.0 Å². The van der Waals surface area contributed by atoms with Crippen molar-refractivity contribution in [2.24, 2.45) is 0 Å². The number of rotatable bonds is 9. The van der Waals surface area contributed by atoms with Crippen LogP contribution in [0.4, 0.5) is 8.78 Å². The Kier molecular flexibility index (Phi) is 8.51. The van der Waals surface area contributed by atoms with Gasteiger partial charge in [0.1, 0.15) is 23.1 Å². The lowest BCUT2D eigenvalue weighted by atomic mass is 10.1. The molecule has 0 aliphatic rings. The third-order valence-corrected chi connectivity index (χ3v) is 6.10. The molecule has 3 aromatic carbocycles. The number of amides is 1. The summed E-state index contributed by atoms with van der Waals surface area (Å²) < 4.78 is 33.1. The summed E-state index contributed by atoms with van der Waals surface area (Å²) in [5.41, 5.74) is 5.14. The highest BCUT2D eigenvalue weighted by atomic mass is 19.1. The third kappa shape index (κ3) is 6.76. The Morgan fingerprint density at radius 2 is 1.74 bits per heavy atom. The van der Waals surface area contributed by atoms with Gasteiger partial charge in [0, 0.05) is 61.4 Å². The number of aromatic nitrogens is 1. The maximum Gasteiger partial charge on any atom is 0.251 e. The fourth-order valence-electron chi connectivity index (χ4n) is 4.15. The molecule has 0 atom stereocenters. The first-order valence-electron chi connectivity index (χ1n) is 12.3. The molecule has 5 nitrogen and oxygen atoms in total. The van der Waals surface area contributed by atoms with Crippen LogP contribution in [0, 0.1) is 18.6 Å². The number of pyridine rings is 1. The Morgan fingerprint density at radius 1 is 1.03 bits per heavy atom. The van der Waals surface area contributed by atoms with Crippen molar-refractivity contribution in [3.63, 3.8) is 0 Å². The van der Waals surface area contributed by atoms with E-state index in [1.165, 1.54) is 12.1 Å². The van der Waals surface area contributed by atoms with E-state index >= 15 is 0 Å². The van der Waals surface area contributed by atoms with Crippen LogP contribution in [0.5, 0.6) is 11.5 Å². The lowest BCUT2D eigenvalue weighted by Gasteiger charge is -2.17. The second kappa shape index (κ2) is 12.2. The lowest BCUT2D eigenvalue weighted by molar-refractivity contribution is 0.0949. The fraction of sp³-hybridized carbons (Fsp3) is 0.125. The number of hydrogen-bond acceptors (Lipinski definition) is 4. The van der Waals surface area contributed by atoms with Crippen LogP contribution in [-0.4, -0.2) is 29.9 Å². The summed E-state index contributed by atoms with van der Waals surface area (Å²) in [4.78, 5) is 19.4. The first kappa shape index (κ1) is 27.3. The van der Waals surface area contributed by atoms with Crippen LogP contribution in [0.2, 0.25) is 0 Å². The minimum Gasteiger partial charge on any atom is -0.457 e. The Bertz CT molecular complexity index is 1510. The first-order valence-corrected chi connectivity index (χ1v) is 12.3. The van der Waals surface area contributed by atoms with Crippen LogP contribution >= 0.6 is 0 Å². The lowest BCUT2D eigenvalue weighted by Crippen LogP contribution is -2.23. The predicted octanol–water partition coefficient (Wildman–Crippen LogP) is 7.15. The quantitative estimate of drug-likeness (QED) is 0.236. The number of nitrogens with zero attached hydrogens (tertiary/aromatic N) is 2. The molecule has 0 saturated carbocycles. The number of allylic oxidation sites excluding steroid dienone is 2. The number of carbonyl (C=O) groups is 1. The van der Waals surface area contributed by atoms with E-state index in [4.69, 9.17) is 4.74 Å². The number of nitrogens with one attached hydrogen (secondary N) is 1. The van der Waals surface area contributed by atoms with Gasteiger partial charge in [-0.2, -0.15) is 0 Å². The van der Waals surface area contributed by atoms with Crippen LogP contribution in [0.25, 0.3) is 17.0 Å². The number of hydrogen-bond donors (Lipinski definition) is 1. The molecule has 1 amide bonds. The minimum absolute atomic E-state index is 0.00996. The maximum atomic E-state index is 13.5. The molecule has 1 N–H and O–H groups in total. The van der Waals surface area contributed by atoms with Crippen molar-refractivity contribution in [2.45, 2.75) is 13.5 Å². The standard InChI is InChI=1S/C32H29F2N3O2/c1-5-7-30(37(3)4)24-12-10-23(11-13-24)29-19-27(14-15-35-29)39-31-9-6-8-28(21(31)2)32(38)36-20-22-16-25(33)18-26(34)17-22/h5-19H,1,20H2,2-4H3,(H,36,38)/b30-7-. The van der Waals surface area contributed by atoms with Gasteiger partial charge in [-0.25, -0.2) is 8.78 Å². The zero-order valence-electron chi connectivity index (χ0n) is 22.0. The van der Waals surface area contributed by atoms with Crippen molar-refractivity contribution < 1.29 is 18.3 Å². The summed E-state index contributed by atoms with van der Waals surface area (Å²) in [6.07, 6.45) is 5.39. The van der Waals surface area contributed by atoms with Crippen molar-refractivity contribution in [2.75, 3.05) is 14.1 Å². The van der Waals surface area contributed by atoms with Crippen molar-refractivity contribution in [1.29, 1.82) is 0 Å². The van der Waals surface area contributed by atoms with E-state index < -0.39 is 11.6 Å². The molecule has 0 aliphatic heterocycles. The average Bonchev–Trinajstić information content (AvgIpc) is 2.91. The highest BCUT2D eigenvalue weighted by Gasteiger charge is 2.14. The number of halogens is 2. The molecule has 0 aliphatic carbocycles. The number of carbonyl (C=O) groups excluding carboxylic acids is 1. The van der Waals surface area contributed by atoms with Gasteiger partial charge in [0.05, 0.1) is 5.69 Å². The van der Waals surface area contributed by atoms with Gasteiger partial charge in [-0.15, -0.1) is 0 Å². The van der Waals surface area contributed by atoms with E-state index in [9.17, 15) is 13.6 Å². The summed E-state index contributed by atoms with van der Waals surface area (Å²) >= 11 is 0. The van der Waals surface area contributed by atoms with Gasteiger partial charge in [0.15, 0.2) is 0 Å². The van der Waals surface area contributed by atoms with Crippen molar-refractivity contribution >= 4 is 11.6 Å². The van der Waals surface area contributed by atoms with E-state index in [0.717, 1.165) is 28.6 Å². The Morgan fingerprint density at radius 3 is 2.41 bits per heavy atom. The van der Waals surface area contributed by atoms with E-state index in [2.05, 4.69) is 16.9 Å². The molecule has 0 unspecified atom stereocenters. The molecule has 39 heavy (non-hydrogen) atoms. The fourth-order valence-corrected chi connectivity index (χ4v) is 4.15. The topological polar surface area (TPSA) is 54.5 Å². The van der Waals surface area contributed by atoms with Gasteiger partial charge >= 0.3 is 0 Å². The van der Waals surface area contributed by atoms with Gasteiger partial charge in [-0.3, -0.25) is 9.78 Å². The molecule has 0 radical (unpaired) electrons. The van der Waals surface area contributed by atoms with Crippen molar-refractivity contribution in [1.82, 2.24) is 15.2 Å². The van der Waals surface area contributed by atoms with Gasteiger partial charge < -0.3 is 15.0 Å². The molecule has 0 saturated heterocycles. The Balaban J connectivity index is 1.50. The maximum absolute atomic E-state index is 13.5. The van der Waals surface area contributed by atoms with Crippen molar-refractivity contribution in [3.8, 4) is 22.8 Å². The van der Waals surface area contributed by atoms with Crippen LogP contribution in [0.15, 0.2) is 97.7 Å². The largest absolute Gasteiger partial charge is 0.457 e. The Labute approximate surface area is 227 Å². The van der Waals surface area contributed by atoms with E-state index in [0.29, 0.717) is 28.2 Å². The second-order valence-corrected chi connectivity index (χ2v) is 9.13. The summed E-state index contributed by atoms with van der Waals surface area (Å²) in [6.45, 7) is 5.57. The van der Waals surface area contributed by atoms with E-state index in [-0.39, 0.29) is 12.5 Å². The van der Waals surface area contributed by atoms with E-state index in [1.54, 1.807) is 43.5 Å². The Hall–Kier alpha value is -4.78. The van der Waals surface area contributed by atoms with Gasteiger partial charge in [0.2, 0.25) is 0 Å². The molecular formula is C32H29F2N3O2. The zero-order chi connectivity index (χ0) is 27.9. The number of ether oxygens (including phenoxy) is 1. The molecule has 7 heteroatoms. The normalized spacial score (nSPS) is 11.2. The van der Waals surface area contributed by atoms with Crippen LogP contribution < -0.4 is 10.1 Å². The van der Waals surface area contributed by atoms with Gasteiger partial charge in [0.25, 0.3) is 5.91 Å². The summed E-state index contributed by atoms with van der Waals surface area (Å²) in [6, 6.07) is 20.0. The SMILES string of the molecule is C=C/C=C(/c1ccc(-c2cc(Oc3cccc(C(=O)NCc4cc(F)cc(F)c4)c3C)ccn2)cc1)N(C)C. The molecule has 4 aromatic rings. The molecule has 1 heterocycles. The second-order valence-electron chi connectivity index (χ2n) is 9.13. The molecule has 198 valence electrons. The van der Waals surface area contributed by atoms with Crippen LogP contribution in [0.1, 0.15) is 27.0 Å². The molecule has 4 rings (SSSR count). The average molecular weight is 526 g/mol. The third-order valence-electron chi connectivity index (χ3n) is 6.10. The first-order chi connectivity index (χ1) is 18.7. The molecule has 0 spiro atoms. The summed E-state index contributed by atoms with van der Waals surface area (Å²) in [5, 5.41) is 2.71. The molecule has 1 aromatic heterocycles. The summed E-state index contributed by atoms with van der Waals surface area (Å²) in [7, 11) is 3.97.